The van der Waals surface area contributed by atoms with Crippen molar-refractivity contribution in [2.45, 2.75) is 6.92 Å². The second kappa shape index (κ2) is 3.86. The van der Waals surface area contributed by atoms with Crippen molar-refractivity contribution in [2.24, 2.45) is 9.98 Å². The maximum absolute atomic E-state index is 10.9. The number of nitrogens with one attached hydrogen (secondary N) is 1. The highest BCUT2D eigenvalue weighted by Crippen LogP contribution is 2.14. The van der Waals surface area contributed by atoms with Crippen LogP contribution in [0.5, 0.6) is 0 Å². The van der Waals surface area contributed by atoms with Crippen molar-refractivity contribution in [3.05, 3.63) is 23.9 Å². The molecule has 1 aliphatic heterocycles. The first kappa shape index (κ1) is 10.5. The number of hydrogen-bond donors (Lipinski definition) is 1. The minimum absolute atomic E-state index is 0.0709. The molecule has 0 aromatic heterocycles. The molecule has 7 heteroatoms. The van der Waals surface area contributed by atoms with Gasteiger partial charge in [0.1, 0.15) is 10.6 Å². The van der Waals surface area contributed by atoms with Gasteiger partial charge in [-0.1, -0.05) is 6.08 Å². The summed E-state index contributed by atoms with van der Waals surface area (Å²) >= 11 is 0. The number of hydrogen-bond acceptors (Lipinski definition) is 5. The molecule has 0 fully saturated rings. The van der Waals surface area contributed by atoms with Crippen molar-refractivity contribution in [1.29, 1.82) is 0 Å². The molecule has 0 saturated heterocycles. The van der Waals surface area contributed by atoms with E-state index in [0.717, 1.165) is 0 Å². The molecule has 0 aromatic carbocycles. The molecule has 2 aliphatic rings. The van der Waals surface area contributed by atoms with Gasteiger partial charge in [0.25, 0.3) is 0 Å². The van der Waals surface area contributed by atoms with Gasteiger partial charge in [-0.25, -0.2) is 9.98 Å². The molecule has 1 N–H and O–H groups in total. The zero-order valence-electron chi connectivity index (χ0n) is 8.26. The minimum Gasteiger partial charge on any atom is -0.295 e. The lowest BCUT2D eigenvalue weighted by atomic mass is 10.1. The van der Waals surface area contributed by atoms with Crippen LogP contribution in [0.2, 0.25) is 0 Å². The van der Waals surface area contributed by atoms with Crippen LogP contribution in [0.15, 0.2) is 33.9 Å². The number of rotatable bonds is 0. The van der Waals surface area contributed by atoms with Crippen LogP contribution in [-0.2, 0) is 15.1 Å². The summed E-state index contributed by atoms with van der Waals surface area (Å²) in [6.45, 7) is 1.33. The van der Waals surface area contributed by atoms with E-state index in [4.69, 9.17) is 0 Å². The summed E-state index contributed by atoms with van der Waals surface area (Å²) in [5.41, 5.74) is 0.699. The monoisotopic (exact) mass is 237 g/mol. The quantitative estimate of drug-likeness (QED) is 0.573. The average molecular weight is 237 g/mol. The van der Waals surface area contributed by atoms with E-state index in [1.165, 1.54) is 13.0 Å². The normalized spacial score (nSPS) is 17.3. The molecular formula is C9H7N3O3S. The Morgan fingerprint density at radius 1 is 1.38 bits per heavy atom. The van der Waals surface area contributed by atoms with Crippen molar-refractivity contribution < 1.29 is 13.2 Å². The summed E-state index contributed by atoms with van der Waals surface area (Å²) in [4.78, 5) is 18.8. The fourth-order valence-electron chi connectivity index (χ4n) is 1.31. The maximum atomic E-state index is 10.9. The number of carbonyl (C=O) groups excluding carboxylic acids is 1. The lowest BCUT2D eigenvalue weighted by molar-refractivity contribution is -0.117. The molecule has 0 saturated carbocycles. The summed E-state index contributed by atoms with van der Waals surface area (Å²) in [5, 5.41) is 2.40. The molecular weight excluding hydrogens is 230 g/mol. The third-order valence-corrected chi connectivity index (χ3v) is 2.58. The van der Waals surface area contributed by atoms with Crippen LogP contribution in [0, 0.1) is 0 Å². The van der Waals surface area contributed by atoms with Crippen LogP contribution in [0.4, 0.5) is 0 Å². The van der Waals surface area contributed by atoms with Crippen LogP contribution in [0.25, 0.3) is 0 Å². The Labute approximate surface area is 92.6 Å². The van der Waals surface area contributed by atoms with Crippen LogP contribution in [0.3, 0.4) is 0 Å². The Morgan fingerprint density at radius 3 is 2.75 bits per heavy atom. The van der Waals surface area contributed by atoms with Gasteiger partial charge in [0, 0.05) is 6.92 Å². The van der Waals surface area contributed by atoms with E-state index in [1.54, 1.807) is 12.2 Å². The van der Waals surface area contributed by atoms with Gasteiger partial charge in [0.2, 0.25) is 22.2 Å². The van der Waals surface area contributed by atoms with Crippen LogP contribution in [-0.4, -0.2) is 30.9 Å². The van der Waals surface area contributed by atoms with E-state index in [-0.39, 0.29) is 22.4 Å². The number of nitrogens with zero attached hydrogens (tertiary/aromatic N) is 2. The first-order valence-corrected chi connectivity index (χ1v) is 5.45. The molecule has 2 rings (SSSR count). The lowest BCUT2D eigenvalue weighted by Gasteiger charge is -2.00. The lowest BCUT2D eigenvalue weighted by Crippen LogP contribution is -2.25. The highest BCUT2D eigenvalue weighted by atomic mass is 32.2. The van der Waals surface area contributed by atoms with Crippen LogP contribution in [0.1, 0.15) is 6.92 Å². The molecule has 0 spiro atoms. The van der Waals surface area contributed by atoms with Gasteiger partial charge >= 0.3 is 0 Å². The topological polar surface area (TPSA) is 88.0 Å². The Balaban J connectivity index is 2.44. The molecule has 1 aliphatic carbocycles. The van der Waals surface area contributed by atoms with Gasteiger partial charge < -0.3 is 0 Å². The maximum Gasteiger partial charge on any atom is 0.230 e. The van der Waals surface area contributed by atoms with E-state index >= 15 is 0 Å². The summed E-state index contributed by atoms with van der Waals surface area (Å²) in [5.74, 6) is -0.194. The van der Waals surface area contributed by atoms with Crippen molar-refractivity contribution in [3.8, 4) is 0 Å². The van der Waals surface area contributed by atoms with E-state index in [2.05, 4.69) is 15.3 Å². The minimum atomic E-state index is -2.37. The Kier molecular flexibility index (Phi) is 2.53. The fraction of sp³-hybridized carbons (Fsp3) is 0.111. The molecule has 1 heterocycles. The number of allylic oxidation sites excluding steroid dienone is 4. The number of amides is 1. The standard InChI is InChI=1S/C9H7N3O3S/c1-5(13)10-9-11-6-3-2-4-7(16(14)15)8(6)12-9/h2-4H,1H3,(H,10,11,13). The van der Waals surface area contributed by atoms with E-state index < -0.39 is 10.3 Å². The molecule has 6 nitrogen and oxygen atoms in total. The van der Waals surface area contributed by atoms with E-state index in [9.17, 15) is 13.2 Å². The van der Waals surface area contributed by atoms with Gasteiger partial charge in [-0.2, -0.15) is 8.42 Å². The predicted molar refractivity (Wildman–Crippen MR) is 59.8 cm³/mol. The second-order valence-corrected chi connectivity index (χ2v) is 4.00. The highest BCUT2D eigenvalue weighted by molar-refractivity contribution is 7.75. The average Bonchev–Trinajstić information content (AvgIpc) is 2.57. The smallest absolute Gasteiger partial charge is 0.230 e. The molecule has 16 heavy (non-hydrogen) atoms. The summed E-state index contributed by atoms with van der Waals surface area (Å²) in [6, 6.07) is 0. The summed E-state index contributed by atoms with van der Waals surface area (Å²) in [7, 11) is -2.37. The predicted octanol–water partition coefficient (Wildman–Crippen LogP) is -0.562. The fourth-order valence-corrected chi connectivity index (χ4v) is 1.80. The molecule has 0 aromatic rings. The molecule has 0 unspecified atom stereocenters. The van der Waals surface area contributed by atoms with Gasteiger partial charge in [-0.3, -0.25) is 10.1 Å². The number of guanidine groups is 1. The van der Waals surface area contributed by atoms with Gasteiger partial charge in [-0.15, -0.1) is 0 Å². The number of carbonyl (C=O) groups is 1. The Bertz CT molecular complexity index is 612. The van der Waals surface area contributed by atoms with Crippen molar-refractivity contribution in [2.75, 3.05) is 0 Å². The van der Waals surface area contributed by atoms with E-state index in [0.29, 0.717) is 5.70 Å². The van der Waals surface area contributed by atoms with Crippen molar-refractivity contribution >= 4 is 32.7 Å². The van der Waals surface area contributed by atoms with Gasteiger partial charge in [0.15, 0.2) is 0 Å². The van der Waals surface area contributed by atoms with Crippen molar-refractivity contribution in [3.63, 3.8) is 0 Å². The van der Waals surface area contributed by atoms with Crippen LogP contribution < -0.4 is 5.32 Å². The zero-order chi connectivity index (χ0) is 11.7. The first-order valence-electron chi connectivity index (χ1n) is 4.38. The summed E-state index contributed by atoms with van der Waals surface area (Å²) in [6.07, 6.45) is 4.63. The van der Waals surface area contributed by atoms with Crippen molar-refractivity contribution in [1.82, 2.24) is 5.32 Å². The Hall–Kier alpha value is -2.02. The zero-order valence-corrected chi connectivity index (χ0v) is 9.08. The third kappa shape index (κ3) is 1.84. The number of fused-ring (bicyclic) bond motifs is 1. The largest absolute Gasteiger partial charge is 0.295 e. The van der Waals surface area contributed by atoms with Gasteiger partial charge in [-0.05, 0) is 12.2 Å². The van der Waals surface area contributed by atoms with E-state index in [1.807, 2.05) is 0 Å². The molecule has 0 atom stereocenters. The highest BCUT2D eigenvalue weighted by Gasteiger charge is 2.23. The molecule has 1 amide bonds. The Morgan fingerprint density at radius 2 is 2.12 bits per heavy atom. The third-order valence-electron chi connectivity index (χ3n) is 1.89. The number of aliphatic imine (C=N–C) groups is 2. The second-order valence-electron chi connectivity index (χ2n) is 3.09. The summed E-state index contributed by atoms with van der Waals surface area (Å²) < 4.78 is 21.8. The molecule has 0 bridgehead atoms. The molecule has 0 radical (unpaired) electrons. The molecule has 82 valence electrons. The van der Waals surface area contributed by atoms with Crippen LogP contribution >= 0.6 is 0 Å². The van der Waals surface area contributed by atoms with Gasteiger partial charge in [0.05, 0.1) is 5.70 Å². The SMILES string of the molecule is CC(=O)NC1=NC2=CC=CC(=S(=O)=O)C2=N1. The first-order chi connectivity index (χ1) is 7.58.